The highest BCUT2D eigenvalue weighted by Crippen LogP contribution is 2.36. The molecule has 0 aromatic carbocycles. The maximum absolute atomic E-state index is 11.7. The SMILES string of the molecule is Cc1nc(N[C@H]2CCO[C@]3(CCS(=O)(=O)C3)C2)ccc1[N+](=O)[O-]. The number of ether oxygens (including phenoxy) is 1. The lowest BCUT2D eigenvalue weighted by Gasteiger charge is -2.37. The predicted octanol–water partition coefficient (Wildman–Crippen LogP) is 1.45. The number of sulfone groups is 1. The van der Waals surface area contributed by atoms with Crippen molar-refractivity contribution in [3.63, 3.8) is 0 Å². The second-order valence-electron chi connectivity index (χ2n) is 6.27. The van der Waals surface area contributed by atoms with Gasteiger partial charge >= 0.3 is 0 Å². The Morgan fingerprint density at radius 3 is 2.87 bits per heavy atom. The van der Waals surface area contributed by atoms with E-state index < -0.39 is 20.4 Å². The molecule has 2 saturated heterocycles. The fourth-order valence-electron chi connectivity index (χ4n) is 3.35. The minimum absolute atomic E-state index is 0.0131. The molecule has 0 bridgehead atoms. The highest BCUT2D eigenvalue weighted by molar-refractivity contribution is 7.91. The molecule has 3 rings (SSSR count). The third kappa shape index (κ3) is 3.45. The molecule has 9 heteroatoms. The summed E-state index contributed by atoms with van der Waals surface area (Å²) in [5.41, 5.74) is -0.254. The molecule has 1 aromatic heterocycles. The van der Waals surface area contributed by atoms with E-state index in [1.165, 1.54) is 6.07 Å². The monoisotopic (exact) mass is 341 g/mol. The zero-order valence-corrected chi connectivity index (χ0v) is 13.6. The molecule has 1 N–H and O–H groups in total. The number of hydrogen-bond donors (Lipinski definition) is 1. The molecule has 1 aromatic rings. The van der Waals surface area contributed by atoms with E-state index in [0.717, 1.165) is 6.42 Å². The summed E-state index contributed by atoms with van der Waals surface area (Å²) in [4.78, 5) is 14.6. The van der Waals surface area contributed by atoms with Crippen molar-refractivity contribution < 1.29 is 18.1 Å². The van der Waals surface area contributed by atoms with Crippen molar-refractivity contribution in [2.45, 2.75) is 37.8 Å². The van der Waals surface area contributed by atoms with Crippen LogP contribution in [0.5, 0.6) is 0 Å². The Morgan fingerprint density at radius 2 is 2.26 bits per heavy atom. The molecule has 2 fully saturated rings. The van der Waals surface area contributed by atoms with Crippen LogP contribution in [0.2, 0.25) is 0 Å². The first-order chi connectivity index (χ1) is 10.8. The predicted molar refractivity (Wildman–Crippen MR) is 84.2 cm³/mol. The van der Waals surface area contributed by atoms with Gasteiger partial charge in [-0.1, -0.05) is 0 Å². The molecule has 0 radical (unpaired) electrons. The average Bonchev–Trinajstić information content (AvgIpc) is 2.73. The van der Waals surface area contributed by atoms with Crippen LogP contribution in [0, 0.1) is 17.0 Å². The molecule has 0 amide bonds. The van der Waals surface area contributed by atoms with Gasteiger partial charge in [0.05, 0.1) is 22.0 Å². The number of pyridine rings is 1. The van der Waals surface area contributed by atoms with Gasteiger partial charge in [0.1, 0.15) is 11.5 Å². The highest BCUT2D eigenvalue weighted by atomic mass is 32.2. The second-order valence-corrected chi connectivity index (χ2v) is 8.45. The first-order valence-corrected chi connectivity index (χ1v) is 9.34. The van der Waals surface area contributed by atoms with Gasteiger partial charge < -0.3 is 10.1 Å². The number of anilines is 1. The van der Waals surface area contributed by atoms with Crippen molar-refractivity contribution in [1.29, 1.82) is 0 Å². The van der Waals surface area contributed by atoms with Crippen LogP contribution in [0.15, 0.2) is 12.1 Å². The van der Waals surface area contributed by atoms with Crippen molar-refractivity contribution >= 4 is 21.3 Å². The molecule has 0 saturated carbocycles. The van der Waals surface area contributed by atoms with E-state index in [4.69, 9.17) is 4.74 Å². The molecular formula is C14H19N3O5S. The molecule has 0 unspecified atom stereocenters. The number of rotatable bonds is 3. The van der Waals surface area contributed by atoms with Crippen LogP contribution >= 0.6 is 0 Å². The smallest absolute Gasteiger partial charge is 0.290 e. The van der Waals surface area contributed by atoms with Crippen LogP contribution in [-0.2, 0) is 14.6 Å². The standard InChI is InChI=1S/C14H19N3O5S/c1-10-12(17(18)19)2-3-13(15-10)16-11-4-6-22-14(8-11)5-7-23(20,21)9-14/h2-3,11H,4-9H2,1H3,(H,15,16)/t11-,14+/m0/s1. The first kappa shape index (κ1) is 16.1. The Balaban J connectivity index is 1.71. The Bertz CT molecular complexity index is 736. The van der Waals surface area contributed by atoms with Gasteiger partial charge in [0.15, 0.2) is 9.84 Å². The van der Waals surface area contributed by atoms with E-state index in [2.05, 4.69) is 10.3 Å². The van der Waals surface area contributed by atoms with Crippen molar-refractivity contribution in [3.05, 3.63) is 27.9 Å². The lowest BCUT2D eigenvalue weighted by atomic mass is 9.90. The quantitative estimate of drug-likeness (QED) is 0.654. The lowest BCUT2D eigenvalue weighted by molar-refractivity contribution is -0.385. The average molecular weight is 341 g/mol. The van der Waals surface area contributed by atoms with E-state index in [-0.39, 0.29) is 23.2 Å². The Hall–Kier alpha value is -1.74. The number of hydrogen-bond acceptors (Lipinski definition) is 7. The van der Waals surface area contributed by atoms with Gasteiger partial charge in [0.25, 0.3) is 5.69 Å². The fourth-order valence-corrected chi connectivity index (χ4v) is 5.32. The zero-order chi connectivity index (χ0) is 16.7. The summed E-state index contributed by atoms with van der Waals surface area (Å²) in [6.07, 6.45) is 1.88. The third-order valence-corrected chi connectivity index (χ3v) is 6.24. The summed E-state index contributed by atoms with van der Waals surface area (Å²) >= 11 is 0. The number of aryl methyl sites for hydroxylation is 1. The lowest BCUT2D eigenvalue weighted by Crippen LogP contribution is -2.45. The molecule has 1 spiro atoms. The third-order valence-electron chi connectivity index (χ3n) is 4.45. The molecule has 2 aliphatic rings. The summed E-state index contributed by atoms with van der Waals surface area (Å²) in [7, 11) is -3.02. The summed E-state index contributed by atoms with van der Waals surface area (Å²) in [5, 5.41) is 14.1. The van der Waals surface area contributed by atoms with E-state index >= 15 is 0 Å². The van der Waals surface area contributed by atoms with E-state index in [0.29, 0.717) is 31.0 Å². The minimum atomic E-state index is -3.02. The van der Waals surface area contributed by atoms with E-state index in [9.17, 15) is 18.5 Å². The molecular weight excluding hydrogens is 322 g/mol. The molecule has 3 heterocycles. The molecule has 0 aliphatic carbocycles. The largest absolute Gasteiger partial charge is 0.374 e. The van der Waals surface area contributed by atoms with Gasteiger partial charge in [-0.3, -0.25) is 10.1 Å². The van der Waals surface area contributed by atoms with Crippen LogP contribution in [0.4, 0.5) is 11.5 Å². The molecule has 2 aliphatic heterocycles. The van der Waals surface area contributed by atoms with Gasteiger partial charge in [0, 0.05) is 18.7 Å². The minimum Gasteiger partial charge on any atom is -0.374 e. The maximum Gasteiger partial charge on any atom is 0.290 e. The number of aromatic nitrogens is 1. The summed E-state index contributed by atoms with van der Waals surface area (Å²) in [6.45, 7) is 2.09. The normalized spacial score (nSPS) is 29.5. The summed E-state index contributed by atoms with van der Waals surface area (Å²) in [5.74, 6) is 0.815. The van der Waals surface area contributed by atoms with E-state index in [1.54, 1.807) is 13.0 Å². The van der Waals surface area contributed by atoms with Crippen molar-refractivity contribution in [2.75, 3.05) is 23.4 Å². The van der Waals surface area contributed by atoms with Crippen molar-refractivity contribution in [3.8, 4) is 0 Å². The Morgan fingerprint density at radius 1 is 1.48 bits per heavy atom. The molecule has 126 valence electrons. The van der Waals surface area contributed by atoms with Crippen molar-refractivity contribution in [2.24, 2.45) is 0 Å². The fraction of sp³-hybridized carbons (Fsp3) is 0.643. The maximum atomic E-state index is 11.7. The number of nitrogens with one attached hydrogen (secondary N) is 1. The number of nitrogens with zero attached hydrogens (tertiary/aromatic N) is 2. The zero-order valence-electron chi connectivity index (χ0n) is 12.8. The highest BCUT2D eigenvalue weighted by Gasteiger charge is 2.46. The Kier molecular flexibility index (Phi) is 4.01. The summed E-state index contributed by atoms with van der Waals surface area (Å²) < 4.78 is 29.3. The van der Waals surface area contributed by atoms with Crippen LogP contribution in [-0.4, -0.2) is 48.1 Å². The van der Waals surface area contributed by atoms with Crippen LogP contribution < -0.4 is 5.32 Å². The van der Waals surface area contributed by atoms with Crippen LogP contribution in [0.3, 0.4) is 0 Å². The Labute approximate surface area is 134 Å². The van der Waals surface area contributed by atoms with E-state index in [1.807, 2.05) is 0 Å². The van der Waals surface area contributed by atoms with Crippen LogP contribution in [0.1, 0.15) is 25.0 Å². The molecule has 23 heavy (non-hydrogen) atoms. The van der Waals surface area contributed by atoms with Gasteiger partial charge in [-0.2, -0.15) is 0 Å². The van der Waals surface area contributed by atoms with Gasteiger partial charge in [-0.25, -0.2) is 13.4 Å². The van der Waals surface area contributed by atoms with Gasteiger partial charge in [-0.15, -0.1) is 0 Å². The number of nitro groups is 1. The second kappa shape index (κ2) is 5.72. The van der Waals surface area contributed by atoms with Crippen LogP contribution in [0.25, 0.3) is 0 Å². The van der Waals surface area contributed by atoms with Crippen molar-refractivity contribution in [1.82, 2.24) is 4.98 Å². The first-order valence-electron chi connectivity index (χ1n) is 7.52. The van der Waals surface area contributed by atoms with Gasteiger partial charge in [0.2, 0.25) is 0 Å². The summed E-state index contributed by atoms with van der Waals surface area (Å²) in [6, 6.07) is 3.06. The molecule has 8 nitrogen and oxygen atoms in total. The topological polar surface area (TPSA) is 111 Å². The molecule has 2 atom stereocenters. The van der Waals surface area contributed by atoms with Gasteiger partial charge in [-0.05, 0) is 32.3 Å².